The van der Waals surface area contributed by atoms with Crippen molar-refractivity contribution in [1.82, 2.24) is 0 Å². The van der Waals surface area contributed by atoms with Crippen LogP contribution in [0.4, 0.5) is 0 Å². The summed E-state index contributed by atoms with van der Waals surface area (Å²) in [5.74, 6) is 0.450. The van der Waals surface area contributed by atoms with Crippen molar-refractivity contribution < 1.29 is 12.6 Å². The molecule has 0 spiro atoms. The molecule has 0 aliphatic rings. The third-order valence-corrected chi connectivity index (χ3v) is 2.64. The van der Waals surface area contributed by atoms with Crippen LogP contribution in [0.15, 0.2) is 24.3 Å². The zero-order valence-electron chi connectivity index (χ0n) is 7.64. The number of hydrogen-bond acceptors (Lipinski definition) is 3. The maximum Gasteiger partial charge on any atom is 0.257 e. The van der Waals surface area contributed by atoms with Gasteiger partial charge in [0.1, 0.15) is 0 Å². The monoisotopic (exact) mass is 234 g/mol. The van der Waals surface area contributed by atoms with Crippen molar-refractivity contribution in [2.45, 2.75) is 18.9 Å². The lowest BCUT2D eigenvalue weighted by Gasteiger charge is -2.08. The average Bonchev–Trinajstić information content (AvgIpc) is 2.17. The highest BCUT2D eigenvalue weighted by Gasteiger charge is 2.06. The summed E-state index contributed by atoms with van der Waals surface area (Å²) in [6.45, 7) is 1.68. The molecule has 14 heavy (non-hydrogen) atoms. The van der Waals surface area contributed by atoms with E-state index < -0.39 is 17.1 Å². The summed E-state index contributed by atoms with van der Waals surface area (Å²) in [6.07, 6.45) is -0.444. The van der Waals surface area contributed by atoms with Gasteiger partial charge in [0.25, 0.3) is 11.0 Å². The van der Waals surface area contributed by atoms with Crippen LogP contribution < -0.4 is 0 Å². The molecule has 0 bridgehead atoms. The molecular weight excluding hydrogens is 224 g/mol. The molecule has 0 aromatic heterocycles. The number of halogens is 1. The van der Waals surface area contributed by atoms with Crippen LogP contribution in [0, 0.1) is 0 Å². The summed E-state index contributed by atoms with van der Waals surface area (Å²) in [7, 11) is -2.80. The van der Waals surface area contributed by atoms with Gasteiger partial charge in [-0.05, 0) is 18.1 Å². The van der Waals surface area contributed by atoms with Crippen molar-refractivity contribution in [3.05, 3.63) is 35.4 Å². The SMILES string of the molecule is CC(O[SH](=O)=O)c1ccc(CCl)cc1. The summed E-state index contributed by atoms with van der Waals surface area (Å²) in [4.78, 5) is 0. The van der Waals surface area contributed by atoms with Gasteiger partial charge in [-0.3, -0.25) is 4.18 Å². The predicted octanol–water partition coefficient (Wildman–Crippen LogP) is 2.03. The molecule has 0 saturated heterocycles. The minimum Gasteiger partial charge on any atom is -0.264 e. The fraction of sp³-hybridized carbons (Fsp3) is 0.333. The fourth-order valence-electron chi connectivity index (χ4n) is 1.07. The maximum atomic E-state index is 10.3. The summed E-state index contributed by atoms with van der Waals surface area (Å²) in [6, 6.07) is 7.31. The van der Waals surface area contributed by atoms with E-state index >= 15 is 0 Å². The summed E-state index contributed by atoms with van der Waals surface area (Å²) < 4.78 is 25.2. The molecule has 1 aromatic carbocycles. The molecule has 1 rings (SSSR count). The van der Waals surface area contributed by atoms with Gasteiger partial charge in [-0.2, -0.15) is 0 Å². The molecule has 1 atom stereocenters. The first-order chi connectivity index (χ1) is 6.63. The van der Waals surface area contributed by atoms with Crippen molar-refractivity contribution >= 4 is 22.6 Å². The summed E-state index contributed by atoms with van der Waals surface area (Å²) in [5.41, 5.74) is 1.81. The fourth-order valence-corrected chi connectivity index (χ4v) is 1.63. The molecule has 78 valence electrons. The van der Waals surface area contributed by atoms with E-state index in [2.05, 4.69) is 4.18 Å². The van der Waals surface area contributed by atoms with Crippen LogP contribution in [-0.2, 0) is 21.0 Å². The zero-order chi connectivity index (χ0) is 10.6. The molecular formula is C9H11ClO3S. The lowest BCUT2D eigenvalue weighted by atomic mass is 10.1. The first-order valence-corrected chi connectivity index (χ1v) is 5.72. The van der Waals surface area contributed by atoms with Gasteiger partial charge < -0.3 is 0 Å². The van der Waals surface area contributed by atoms with Crippen LogP contribution in [0.2, 0.25) is 0 Å². The Bertz CT molecular complexity index is 351. The Morgan fingerprint density at radius 2 is 1.93 bits per heavy atom. The Morgan fingerprint density at radius 1 is 1.36 bits per heavy atom. The van der Waals surface area contributed by atoms with Gasteiger partial charge in [0.05, 0.1) is 6.10 Å². The molecule has 0 amide bonds. The molecule has 1 aromatic rings. The highest BCUT2D eigenvalue weighted by molar-refractivity contribution is 7.67. The highest BCUT2D eigenvalue weighted by Crippen LogP contribution is 2.17. The Labute approximate surface area is 89.8 Å². The number of thiol groups is 1. The lowest BCUT2D eigenvalue weighted by molar-refractivity contribution is 0.245. The molecule has 0 fully saturated rings. The van der Waals surface area contributed by atoms with Crippen LogP contribution in [0.5, 0.6) is 0 Å². The van der Waals surface area contributed by atoms with E-state index in [-0.39, 0.29) is 0 Å². The van der Waals surface area contributed by atoms with E-state index in [1.165, 1.54) is 0 Å². The second-order valence-corrected chi connectivity index (χ2v) is 3.77. The molecule has 0 aliphatic heterocycles. The summed E-state index contributed by atoms with van der Waals surface area (Å²) >= 11 is 5.62. The van der Waals surface area contributed by atoms with Crippen LogP contribution in [0.25, 0.3) is 0 Å². The Kier molecular flexibility index (Phi) is 4.38. The van der Waals surface area contributed by atoms with E-state index in [0.29, 0.717) is 5.88 Å². The number of hydrogen-bond donors (Lipinski definition) is 1. The van der Waals surface area contributed by atoms with Crippen molar-refractivity contribution in [3.63, 3.8) is 0 Å². The average molecular weight is 235 g/mol. The standard InChI is InChI=1S/C9H11ClO3S/c1-7(13-14(11)12)9-4-2-8(6-10)3-5-9/h2-5,7,14H,6H2,1H3. The Balaban J connectivity index is 2.75. The molecule has 0 saturated carbocycles. The smallest absolute Gasteiger partial charge is 0.257 e. The van der Waals surface area contributed by atoms with Crippen molar-refractivity contribution in [3.8, 4) is 0 Å². The molecule has 0 N–H and O–H groups in total. The van der Waals surface area contributed by atoms with Gasteiger partial charge in [-0.15, -0.1) is 11.6 Å². The Morgan fingerprint density at radius 3 is 2.36 bits per heavy atom. The molecule has 5 heteroatoms. The maximum absolute atomic E-state index is 10.3. The third kappa shape index (κ3) is 3.29. The predicted molar refractivity (Wildman–Crippen MR) is 55.8 cm³/mol. The topological polar surface area (TPSA) is 43.4 Å². The quantitative estimate of drug-likeness (QED) is 0.641. The molecule has 0 aliphatic carbocycles. The normalized spacial score (nSPS) is 13.1. The minimum atomic E-state index is -2.80. The van der Waals surface area contributed by atoms with Crippen molar-refractivity contribution in [1.29, 1.82) is 0 Å². The van der Waals surface area contributed by atoms with Gasteiger partial charge in [0.2, 0.25) is 0 Å². The van der Waals surface area contributed by atoms with Crippen molar-refractivity contribution in [2.75, 3.05) is 0 Å². The molecule has 1 unspecified atom stereocenters. The molecule has 0 radical (unpaired) electrons. The van der Waals surface area contributed by atoms with E-state index in [1.807, 2.05) is 12.1 Å². The third-order valence-electron chi connectivity index (χ3n) is 1.85. The van der Waals surface area contributed by atoms with Crippen LogP contribution in [-0.4, -0.2) is 8.42 Å². The van der Waals surface area contributed by atoms with E-state index in [0.717, 1.165) is 11.1 Å². The van der Waals surface area contributed by atoms with Gasteiger partial charge in [0.15, 0.2) is 0 Å². The summed E-state index contributed by atoms with van der Waals surface area (Å²) in [5, 5.41) is 0. The largest absolute Gasteiger partial charge is 0.264 e. The first kappa shape index (κ1) is 11.5. The van der Waals surface area contributed by atoms with E-state index in [9.17, 15) is 8.42 Å². The minimum absolute atomic E-state index is 0.444. The van der Waals surface area contributed by atoms with E-state index in [4.69, 9.17) is 11.6 Å². The highest BCUT2D eigenvalue weighted by atomic mass is 35.5. The van der Waals surface area contributed by atoms with Gasteiger partial charge in [0, 0.05) is 5.88 Å². The van der Waals surface area contributed by atoms with Crippen LogP contribution in [0.1, 0.15) is 24.2 Å². The zero-order valence-corrected chi connectivity index (χ0v) is 9.29. The lowest BCUT2D eigenvalue weighted by Crippen LogP contribution is -1.98. The van der Waals surface area contributed by atoms with Crippen LogP contribution >= 0.6 is 11.6 Å². The second kappa shape index (κ2) is 5.34. The molecule has 3 nitrogen and oxygen atoms in total. The van der Waals surface area contributed by atoms with Gasteiger partial charge >= 0.3 is 0 Å². The van der Waals surface area contributed by atoms with Gasteiger partial charge in [-0.25, -0.2) is 8.42 Å². The second-order valence-electron chi connectivity index (χ2n) is 2.85. The number of alkyl halides is 1. The number of rotatable bonds is 4. The first-order valence-electron chi connectivity index (χ1n) is 4.09. The number of benzene rings is 1. The van der Waals surface area contributed by atoms with Crippen molar-refractivity contribution in [2.24, 2.45) is 0 Å². The molecule has 0 heterocycles. The van der Waals surface area contributed by atoms with E-state index in [1.54, 1.807) is 19.1 Å². The van der Waals surface area contributed by atoms with Crippen LogP contribution in [0.3, 0.4) is 0 Å². The Hall–Kier alpha value is -0.580. The van der Waals surface area contributed by atoms with Gasteiger partial charge in [-0.1, -0.05) is 24.3 Å².